The molecule has 0 aliphatic carbocycles. The van der Waals surface area contributed by atoms with Crippen LogP contribution in [0.15, 0.2) is 23.1 Å². The lowest BCUT2D eigenvalue weighted by atomic mass is 10.2. The Morgan fingerprint density at radius 3 is 2.30 bits per heavy atom. The summed E-state index contributed by atoms with van der Waals surface area (Å²) < 4.78 is 50.7. The van der Waals surface area contributed by atoms with Gasteiger partial charge in [0.2, 0.25) is 10.0 Å². The molecule has 1 heterocycles. The van der Waals surface area contributed by atoms with E-state index in [1.165, 1.54) is 22.5 Å². The highest BCUT2D eigenvalue weighted by Gasteiger charge is 2.25. The van der Waals surface area contributed by atoms with E-state index in [0.717, 1.165) is 12.8 Å². The third-order valence-electron chi connectivity index (χ3n) is 3.18. The predicted octanol–water partition coefficient (Wildman–Crippen LogP) is 0.395. The van der Waals surface area contributed by atoms with E-state index < -0.39 is 20.2 Å². The van der Waals surface area contributed by atoms with Gasteiger partial charge < -0.3 is 0 Å². The van der Waals surface area contributed by atoms with Crippen LogP contribution < -0.4 is 9.86 Å². The van der Waals surface area contributed by atoms with Crippen molar-refractivity contribution >= 4 is 25.9 Å². The second-order valence-corrected chi connectivity index (χ2v) is 7.97. The molecule has 1 aromatic carbocycles. The minimum atomic E-state index is -3.87. The van der Waals surface area contributed by atoms with Crippen molar-refractivity contribution in [1.29, 1.82) is 0 Å². The van der Waals surface area contributed by atoms with Gasteiger partial charge in [-0.2, -0.15) is 12.7 Å². The van der Waals surface area contributed by atoms with Crippen LogP contribution in [0.5, 0.6) is 0 Å². The first kappa shape index (κ1) is 15.2. The van der Waals surface area contributed by atoms with Crippen molar-refractivity contribution in [3.63, 3.8) is 0 Å². The molecule has 1 aliphatic heterocycles. The van der Waals surface area contributed by atoms with Crippen LogP contribution in [-0.4, -0.2) is 34.2 Å². The summed E-state index contributed by atoms with van der Waals surface area (Å²) in [7, 11) is -7.52. The van der Waals surface area contributed by atoms with Gasteiger partial charge in [-0.25, -0.2) is 13.6 Å². The second kappa shape index (κ2) is 5.32. The van der Waals surface area contributed by atoms with Gasteiger partial charge >= 0.3 is 10.2 Å². The van der Waals surface area contributed by atoms with Gasteiger partial charge in [0.25, 0.3) is 0 Å². The van der Waals surface area contributed by atoms with Crippen LogP contribution in [0.2, 0.25) is 0 Å². The van der Waals surface area contributed by atoms with Crippen molar-refractivity contribution in [2.24, 2.45) is 5.14 Å². The van der Waals surface area contributed by atoms with Crippen molar-refractivity contribution in [2.45, 2.75) is 24.7 Å². The zero-order valence-electron chi connectivity index (χ0n) is 11.0. The van der Waals surface area contributed by atoms with E-state index in [4.69, 9.17) is 5.14 Å². The summed E-state index contributed by atoms with van der Waals surface area (Å²) >= 11 is 0. The summed E-state index contributed by atoms with van der Waals surface area (Å²) in [5, 5.41) is 5.05. The fourth-order valence-corrected chi connectivity index (χ4v) is 3.93. The number of sulfonamides is 1. The number of rotatable bonds is 4. The normalized spacial score (nSPS) is 17.3. The molecule has 1 aliphatic rings. The summed E-state index contributed by atoms with van der Waals surface area (Å²) in [6.45, 7) is 2.64. The molecular formula is C11H17N3O4S2. The fourth-order valence-electron chi connectivity index (χ4n) is 2.02. The lowest BCUT2D eigenvalue weighted by Gasteiger charge is -2.18. The molecule has 0 radical (unpaired) electrons. The summed E-state index contributed by atoms with van der Waals surface area (Å²) in [4.78, 5) is -0.123. The molecule has 3 N–H and O–H groups in total. The number of nitrogens with two attached hydrogens (primary N) is 1. The van der Waals surface area contributed by atoms with Gasteiger partial charge in [0, 0.05) is 13.1 Å². The molecule has 9 heteroatoms. The van der Waals surface area contributed by atoms with E-state index in [0.29, 0.717) is 18.7 Å². The molecule has 7 nitrogen and oxygen atoms in total. The lowest BCUT2D eigenvalue weighted by molar-refractivity contribution is 0.482. The Bertz CT molecular complexity index is 707. The number of primary sulfonamides is 1. The zero-order chi connectivity index (χ0) is 15.0. The molecular weight excluding hydrogens is 302 g/mol. The largest absolute Gasteiger partial charge is 0.301 e. The Hall–Kier alpha value is -1.16. The molecule has 0 saturated carbocycles. The molecule has 0 unspecified atom stereocenters. The number of benzene rings is 1. The molecule has 1 aromatic rings. The molecule has 2 rings (SSSR count). The van der Waals surface area contributed by atoms with Crippen LogP contribution in [0, 0.1) is 6.92 Å². The zero-order valence-corrected chi connectivity index (χ0v) is 12.7. The van der Waals surface area contributed by atoms with Gasteiger partial charge in [-0.3, -0.25) is 4.72 Å². The molecule has 112 valence electrons. The Kier molecular flexibility index (Phi) is 4.05. The van der Waals surface area contributed by atoms with Gasteiger partial charge in [0.05, 0.1) is 10.6 Å². The lowest BCUT2D eigenvalue weighted by Crippen LogP contribution is -2.33. The van der Waals surface area contributed by atoms with Gasteiger partial charge in [-0.15, -0.1) is 0 Å². The SMILES string of the molecule is Cc1ccc(S(N)(=O)=O)cc1NS(=O)(=O)N1CCCC1. The smallest absolute Gasteiger partial charge is 0.271 e. The van der Waals surface area contributed by atoms with E-state index in [9.17, 15) is 16.8 Å². The number of nitrogens with one attached hydrogen (secondary N) is 1. The van der Waals surface area contributed by atoms with E-state index in [1.807, 2.05) is 0 Å². The highest BCUT2D eigenvalue weighted by atomic mass is 32.2. The molecule has 1 saturated heterocycles. The summed E-state index contributed by atoms with van der Waals surface area (Å²) in [6, 6.07) is 4.10. The maximum atomic E-state index is 12.1. The van der Waals surface area contributed by atoms with Crippen LogP contribution in [0.4, 0.5) is 5.69 Å². The highest BCUT2D eigenvalue weighted by molar-refractivity contribution is 7.90. The second-order valence-electron chi connectivity index (χ2n) is 4.73. The molecule has 0 atom stereocenters. The summed E-state index contributed by atoms with van der Waals surface area (Å²) in [5.74, 6) is 0. The van der Waals surface area contributed by atoms with Gasteiger partial charge in [0.1, 0.15) is 0 Å². The quantitative estimate of drug-likeness (QED) is 0.836. The number of hydrogen-bond donors (Lipinski definition) is 2. The topological polar surface area (TPSA) is 110 Å². The van der Waals surface area contributed by atoms with Crippen molar-refractivity contribution in [3.8, 4) is 0 Å². The predicted molar refractivity (Wildman–Crippen MR) is 75.9 cm³/mol. The van der Waals surface area contributed by atoms with Crippen molar-refractivity contribution in [3.05, 3.63) is 23.8 Å². The van der Waals surface area contributed by atoms with Crippen LogP contribution in [0.3, 0.4) is 0 Å². The van der Waals surface area contributed by atoms with Crippen LogP contribution in [0.1, 0.15) is 18.4 Å². The average Bonchev–Trinajstić information content (AvgIpc) is 2.84. The van der Waals surface area contributed by atoms with E-state index >= 15 is 0 Å². The number of anilines is 1. The maximum Gasteiger partial charge on any atom is 0.301 e. The summed E-state index contributed by atoms with van der Waals surface area (Å²) in [6.07, 6.45) is 1.66. The Balaban J connectivity index is 2.33. The van der Waals surface area contributed by atoms with E-state index in [2.05, 4.69) is 4.72 Å². The van der Waals surface area contributed by atoms with E-state index in [1.54, 1.807) is 6.92 Å². The van der Waals surface area contributed by atoms with Crippen LogP contribution >= 0.6 is 0 Å². The monoisotopic (exact) mass is 319 g/mol. The third kappa shape index (κ3) is 3.29. The number of aryl methyl sites for hydroxylation is 1. The Morgan fingerprint density at radius 2 is 1.75 bits per heavy atom. The molecule has 1 fully saturated rings. The van der Waals surface area contributed by atoms with Crippen molar-refractivity contribution < 1.29 is 16.8 Å². The third-order valence-corrected chi connectivity index (χ3v) is 5.62. The molecule has 0 amide bonds. The van der Waals surface area contributed by atoms with Gasteiger partial charge in [0.15, 0.2) is 0 Å². The minimum absolute atomic E-state index is 0.123. The average molecular weight is 319 g/mol. The summed E-state index contributed by atoms with van der Waals surface area (Å²) in [5.41, 5.74) is 0.851. The first-order valence-electron chi connectivity index (χ1n) is 6.11. The molecule has 0 aromatic heterocycles. The van der Waals surface area contributed by atoms with Crippen molar-refractivity contribution in [1.82, 2.24) is 4.31 Å². The number of nitrogens with zero attached hydrogens (tertiary/aromatic N) is 1. The molecule has 0 bridgehead atoms. The maximum absolute atomic E-state index is 12.1. The van der Waals surface area contributed by atoms with Gasteiger partial charge in [-0.1, -0.05) is 6.07 Å². The van der Waals surface area contributed by atoms with Crippen LogP contribution in [0.25, 0.3) is 0 Å². The fraction of sp³-hybridized carbons (Fsp3) is 0.455. The molecule has 0 spiro atoms. The Morgan fingerprint density at radius 1 is 1.15 bits per heavy atom. The standard InChI is InChI=1S/C11H17N3O4S2/c1-9-4-5-10(19(12,15)16)8-11(9)13-20(17,18)14-6-2-3-7-14/h4-5,8,13H,2-3,6-7H2,1H3,(H2,12,15,16). The van der Waals surface area contributed by atoms with Crippen LogP contribution in [-0.2, 0) is 20.2 Å². The number of hydrogen-bond acceptors (Lipinski definition) is 4. The Labute approximate surface area is 119 Å². The minimum Gasteiger partial charge on any atom is -0.271 e. The molecule has 20 heavy (non-hydrogen) atoms. The first-order chi connectivity index (χ1) is 9.20. The van der Waals surface area contributed by atoms with Crippen molar-refractivity contribution in [2.75, 3.05) is 17.8 Å². The van der Waals surface area contributed by atoms with E-state index in [-0.39, 0.29) is 10.6 Å². The van der Waals surface area contributed by atoms with Gasteiger partial charge in [-0.05, 0) is 37.5 Å². The highest BCUT2D eigenvalue weighted by Crippen LogP contribution is 2.22. The first-order valence-corrected chi connectivity index (χ1v) is 9.10.